The van der Waals surface area contributed by atoms with Crippen LogP contribution in [0.2, 0.25) is 0 Å². The average Bonchev–Trinajstić information content (AvgIpc) is 3.54. The number of halogens is 1. The predicted molar refractivity (Wildman–Crippen MR) is 229 cm³/mol. The molecule has 2 saturated heterocycles. The summed E-state index contributed by atoms with van der Waals surface area (Å²) in [6.45, 7) is 13.8. The van der Waals surface area contributed by atoms with Crippen molar-refractivity contribution in [3.8, 4) is 0 Å². The van der Waals surface area contributed by atoms with E-state index in [-0.39, 0.29) is 29.8 Å². The molecule has 302 valence electrons. The molecule has 4 heterocycles. The molecule has 0 spiro atoms. The molecule has 57 heavy (non-hydrogen) atoms. The monoisotopic (exact) mass is 792 g/mol. The van der Waals surface area contributed by atoms with Gasteiger partial charge in [0.2, 0.25) is 0 Å². The van der Waals surface area contributed by atoms with Gasteiger partial charge in [0.25, 0.3) is 11.8 Å². The molecule has 1 atom stereocenters. The molecule has 2 aromatic carbocycles. The number of carbonyl (C=O) groups excluding carboxylic acids is 2. The summed E-state index contributed by atoms with van der Waals surface area (Å²) in [5.41, 5.74) is 7.22. The lowest BCUT2D eigenvalue weighted by Crippen LogP contribution is -2.46. The minimum Gasteiger partial charge on any atom is -0.381 e. The molecule has 0 saturated carbocycles. The number of allylic oxidation sites excluding steroid dienone is 3. The van der Waals surface area contributed by atoms with Crippen molar-refractivity contribution in [1.82, 2.24) is 35.2 Å². The number of likely N-dealkylation sites (N-methyl/N-ethyl adjacent to an activating group) is 1. The van der Waals surface area contributed by atoms with Crippen molar-refractivity contribution in [2.45, 2.75) is 72.0 Å². The van der Waals surface area contributed by atoms with Crippen molar-refractivity contribution in [2.75, 3.05) is 64.8 Å². The topological polar surface area (TPSA) is 117 Å². The summed E-state index contributed by atoms with van der Waals surface area (Å²) in [5.74, 6) is -0.460. The maximum atomic E-state index is 14.1. The molecule has 0 bridgehead atoms. The lowest BCUT2D eigenvalue weighted by molar-refractivity contribution is 0.0904. The van der Waals surface area contributed by atoms with Gasteiger partial charge < -0.3 is 30.5 Å². The first-order valence-electron chi connectivity index (χ1n) is 20.6. The first kappa shape index (κ1) is 40.6. The van der Waals surface area contributed by atoms with Crippen LogP contribution in [0.25, 0.3) is 16.6 Å². The quantitative estimate of drug-likeness (QED) is 0.135. The molecule has 12 heteroatoms. The number of fused-ring (bicyclic) bond motifs is 1. The first-order chi connectivity index (χ1) is 27.6. The van der Waals surface area contributed by atoms with Crippen LogP contribution in [-0.4, -0.2) is 102 Å². The number of aryl methyl sites for hydroxylation is 3. The molecule has 4 aromatic rings. The van der Waals surface area contributed by atoms with Gasteiger partial charge in [0.1, 0.15) is 0 Å². The second-order valence-electron chi connectivity index (χ2n) is 15.9. The highest BCUT2D eigenvalue weighted by molar-refractivity contribution is 6.34. The summed E-state index contributed by atoms with van der Waals surface area (Å²) >= 11 is 6.85. The minimum atomic E-state index is -0.373. The summed E-state index contributed by atoms with van der Waals surface area (Å²) in [5, 5.41) is 16.6. The second kappa shape index (κ2) is 18.4. The Hall–Kier alpha value is -4.55. The van der Waals surface area contributed by atoms with Gasteiger partial charge in [-0.05, 0) is 107 Å². The zero-order valence-corrected chi connectivity index (χ0v) is 34.6. The maximum Gasteiger partial charge on any atom is 0.251 e. The number of anilines is 1. The molecule has 2 aliphatic heterocycles. The molecule has 0 radical (unpaired) electrons. The molecule has 1 unspecified atom stereocenters. The third-order valence-corrected chi connectivity index (χ3v) is 12.0. The molecule has 2 fully saturated rings. The third kappa shape index (κ3) is 9.60. The van der Waals surface area contributed by atoms with Gasteiger partial charge in [-0.1, -0.05) is 54.9 Å². The highest BCUT2D eigenvalue weighted by Crippen LogP contribution is 2.41. The van der Waals surface area contributed by atoms with Crippen molar-refractivity contribution >= 4 is 45.7 Å². The molecule has 11 nitrogen and oxygen atoms in total. The molecule has 2 aromatic heterocycles. The first-order valence-corrected chi connectivity index (χ1v) is 21.0. The normalized spacial score (nSPS) is 19.8. The SMILES string of the molecule is CCc1nc2c(cnn2CC)c(NC2CCOCC2)c1CNC(=O)c1cc(C)cc(C(=O)NCC2(CN3CCCN(C)CC3)C=CC(Cl)=C(c3ccccc3)C2)c1. The van der Waals surface area contributed by atoms with Gasteiger partial charge in [-0.25, -0.2) is 9.67 Å². The van der Waals surface area contributed by atoms with Gasteiger partial charge in [-0.2, -0.15) is 5.10 Å². The molecule has 3 aliphatic rings. The average molecular weight is 793 g/mol. The van der Waals surface area contributed by atoms with E-state index >= 15 is 0 Å². The number of carbonyl (C=O) groups is 2. The molecular weight excluding hydrogens is 736 g/mol. The Morgan fingerprint density at radius 2 is 1.74 bits per heavy atom. The fraction of sp³-hybridized carbons (Fsp3) is 0.467. The summed E-state index contributed by atoms with van der Waals surface area (Å²) in [7, 11) is 2.18. The van der Waals surface area contributed by atoms with E-state index in [4.69, 9.17) is 21.3 Å². The van der Waals surface area contributed by atoms with E-state index in [1.54, 1.807) is 6.07 Å². The van der Waals surface area contributed by atoms with Crippen molar-refractivity contribution in [3.63, 3.8) is 0 Å². The van der Waals surface area contributed by atoms with E-state index in [0.29, 0.717) is 50.3 Å². The molecule has 7 rings (SSSR count). The van der Waals surface area contributed by atoms with Gasteiger partial charge >= 0.3 is 0 Å². The largest absolute Gasteiger partial charge is 0.381 e. The number of hydrogen-bond acceptors (Lipinski definition) is 8. The number of pyridine rings is 1. The summed E-state index contributed by atoms with van der Waals surface area (Å²) in [6.07, 6.45) is 10.4. The van der Waals surface area contributed by atoms with Crippen LogP contribution < -0.4 is 16.0 Å². The van der Waals surface area contributed by atoms with E-state index in [2.05, 4.69) is 70.0 Å². The Labute approximate surface area is 341 Å². The molecule has 1 aliphatic carbocycles. The number of nitrogens with zero attached hydrogens (tertiary/aromatic N) is 5. The molecule has 2 amide bonds. The van der Waals surface area contributed by atoms with Crippen LogP contribution in [0.15, 0.2) is 71.9 Å². The maximum absolute atomic E-state index is 14.1. The Bertz CT molecular complexity index is 2130. The lowest BCUT2D eigenvalue weighted by atomic mass is 9.75. The number of aromatic nitrogens is 3. The van der Waals surface area contributed by atoms with Crippen molar-refractivity contribution < 1.29 is 14.3 Å². The zero-order valence-electron chi connectivity index (χ0n) is 33.9. The van der Waals surface area contributed by atoms with Gasteiger partial charge in [0.05, 0.1) is 17.3 Å². The van der Waals surface area contributed by atoms with Gasteiger partial charge in [0.15, 0.2) is 5.65 Å². The van der Waals surface area contributed by atoms with E-state index in [1.165, 1.54) is 0 Å². The number of hydrogen-bond donors (Lipinski definition) is 3. The number of amides is 2. The molecule has 3 N–H and O–H groups in total. The van der Waals surface area contributed by atoms with Gasteiger partial charge in [-0.3, -0.25) is 9.59 Å². The van der Waals surface area contributed by atoms with E-state index < -0.39 is 0 Å². The predicted octanol–water partition coefficient (Wildman–Crippen LogP) is 6.81. The summed E-state index contributed by atoms with van der Waals surface area (Å²) < 4.78 is 7.55. The fourth-order valence-corrected chi connectivity index (χ4v) is 8.73. The highest BCUT2D eigenvalue weighted by atomic mass is 35.5. The van der Waals surface area contributed by atoms with E-state index in [1.807, 2.05) is 54.2 Å². The van der Waals surface area contributed by atoms with Crippen molar-refractivity contribution in [1.29, 1.82) is 0 Å². The number of rotatable bonds is 13. The van der Waals surface area contributed by atoms with Crippen LogP contribution in [0, 0.1) is 12.3 Å². The third-order valence-electron chi connectivity index (χ3n) is 11.7. The molecular formula is C45H57ClN8O3. The van der Waals surface area contributed by atoms with Crippen molar-refractivity contribution in [3.05, 3.63) is 105 Å². The summed E-state index contributed by atoms with van der Waals surface area (Å²) in [4.78, 5) is 37.9. The highest BCUT2D eigenvalue weighted by Gasteiger charge is 2.35. The second-order valence-corrected chi connectivity index (χ2v) is 16.4. The number of ether oxygens (including phenoxy) is 1. The summed E-state index contributed by atoms with van der Waals surface area (Å²) in [6, 6.07) is 15.9. The number of benzene rings is 2. The fourth-order valence-electron chi connectivity index (χ4n) is 8.49. The van der Waals surface area contributed by atoms with Crippen LogP contribution >= 0.6 is 11.6 Å². The number of nitrogens with one attached hydrogen (secondary N) is 3. The van der Waals surface area contributed by atoms with Gasteiger partial charge in [-0.15, -0.1) is 0 Å². The Morgan fingerprint density at radius 3 is 2.47 bits per heavy atom. The van der Waals surface area contributed by atoms with Crippen molar-refractivity contribution in [2.24, 2.45) is 5.41 Å². The van der Waals surface area contributed by atoms with Crippen LogP contribution in [0.4, 0.5) is 5.69 Å². The van der Waals surface area contributed by atoms with Crippen LogP contribution in [0.5, 0.6) is 0 Å². The Balaban J connectivity index is 1.09. The standard InChI is InChI=1S/C45H57ClN8O3/c1-5-40-37(41(50-35-14-21-57-22-15-35)38-28-49-54(6-2)42(38)51-40)27-47-43(55)33-23-31(3)24-34(25-33)44(56)48-29-45(30-53-18-10-17-52(4)19-20-53)16-13-39(46)36(26-45)32-11-8-7-9-12-32/h7-9,11-13,16,23-25,28,35H,5-6,10,14-15,17-22,26-27,29-30H2,1-4H3,(H,47,55)(H,48,56)(H,50,51). The van der Waals surface area contributed by atoms with E-state index in [9.17, 15) is 9.59 Å². The smallest absolute Gasteiger partial charge is 0.251 e. The lowest BCUT2D eigenvalue weighted by Gasteiger charge is -2.39. The minimum absolute atomic E-state index is 0.211. The van der Waals surface area contributed by atoms with Crippen LogP contribution in [0.1, 0.15) is 82.6 Å². The van der Waals surface area contributed by atoms with Crippen LogP contribution in [0.3, 0.4) is 0 Å². The Kier molecular flexibility index (Phi) is 13.1. The van der Waals surface area contributed by atoms with Gasteiger partial charge in [0, 0.05) is 91.4 Å². The zero-order chi connectivity index (χ0) is 39.9. The van der Waals surface area contributed by atoms with Crippen LogP contribution in [-0.2, 0) is 24.2 Å². The van der Waals surface area contributed by atoms with E-state index in [0.717, 1.165) is 102 Å². The Morgan fingerprint density at radius 1 is 0.982 bits per heavy atom.